The van der Waals surface area contributed by atoms with Gasteiger partial charge in [-0.25, -0.2) is 0 Å². The Bertz CT molecular complexity index is 271. The van der Waals surface area contributed by atoms with Crippen LogP contribution in [-0.4, -0.2) is 49.2 Å². The molecule has 102 valence electrons. The second kappa shape index (κ2) is 6.30. The number of alkyl halides is 7. The zero-order valence-electron chi connectivity index (χ0n) is 8.53. The van der Waals surface area contributed by atoms with E-state index in [1.165, 1.54) is 6.92 Å². The molecule has 0 aromatic rings. The van der Waals surface area contributed by atoms with E-state index in [4.69, 9.17) is 0 Å². The van der Waals surface area contributed by atoms with Gasteiger partial charge in [0, 0.05) is 0 Å². The van der Waals surface area contributed by atoms with Crippen LogP contribution in [0.3, 0.4) is 0 Å². The molecule has 0 heterocycles. The molecule has 0 saturated heterocycles. The summed E-state index contributed by atoms with van der Waals surface area (Å²) in [4.78, 5) is 0. The molecule has 0 amide bonds. The molecule has 0 aromatic carbocycles. The molecule has 0 aliphatic carbocycles. The summed E-state index contributed by atoms with van der Waals surface area (Å²) in [5.41, 5.74) is 0. The second-order valence-electron chi connectivity index (χ2n) is 3.08. The first-order valence-electron chi connectivity index (χ1n) is 4.43. The third-order valence-electron chi connectivity index (χ3n) is 1.69. The van der Waals surface area contributed by atoms with Gasteiger partial charge in [0.25, 0.3) is 0 Å². The number of halogens is 7. The van der Waals surface area contributed by atoms with Crippen molar-refractivity contribution in [1.29, 1.82) is 0 Å². The molecule has 0 aromatic heterocycles. The Morgan fingerprint density at radius 3 is 1.94 bits per heavy atom. The first-order valence-corrected chi connectivity index (χ1v) is 8.41. The zero-order valence-corrected chi connectivity index (χ0v) is 11.4. The van der Waals surface area contributed by atoms with Gasteiger partial charge < -0.3 is 0 Å². The van der Waals surface area contributed by atoms with Crippen LogP contribution >= 0.6 is 0 Å². The summed E-state index contributed by atoms with van der Waals surface area (Å²) >= 11 is -5.15. The van der Waals surface area contributed by atoms with E-state index in [2.05, 4.69) is 3.07 Å². The molecular formula is C7H9F7O2Sn. The van der Waals surface area contributed by atoms with E-state index in [0.717, 1.165) is 0 Å². The summed E-state index contributed by atoms with van der Waals surface area (Å²) in [6.45, 7) is 1.13. The third-order valence-corrected chi connectivity index (χ3v) is 5.30. The molecule has 0 radical (unpaired) electrons. The van der Waals surface area contributed by atoms with Gasteiger partial charge in [-0.1, -0.05) is 0 Å². The van der Waals surface area contributed by atoms with Crippen LogP contribution in [-0.2, 0) is 6.15 Å². The van der Waals surface area contributed by atoms with Crippen molar-refractivity contribution in [2.45, 2.75) is 35.8 Å². The Balaban J connectivity index is 4.86. The Morgan fingerprint density at radius 2 is 1.59 bits per heavy atom. The Morgan fingerprint density at radius 1 is 1.12 bits per heavy atom. The first kappa shape index (κ1) is 17.1. The fourth-order valence-corrected chi connectivity index (χ4v) is 3.71. The normalized spacial score (nSPS) is 15.1. The molecule has 0 N–H and O–H groups in total. The predicted molar refractivity (Wildman–Crippen MR) is 43.5 cm³/mol. The fraction of sp³-hybridized carbons (Fsp3) is 1.00. The standard InChI is InChI=1S/C4H2F7.C3H7O.O.Sn/c5-1-3(8,9)4(10,11)2(6)7;1-2-3-4;;/h1-2H;2-3H2,1H3;;/q;-1;;+1. The molecule has 0 spiro atoms. The van der Waals surface area contributed by atoms with Crippen LogP contribution in [0.5, 0.6) is 0 Å². The van der Waals surface area contributed by atoms with E-state index >= 15 is 0 Å². The number of rotatable bonds is 7. The van der Waals surface area contributed by atoms with Gasteiger partial charge in [-0.15, -0.1) is 0 Å². The van der Waals surface area contributed by atoms with Gasteiger partial charge in [0.2, 0.25) is 0 Å². The summed E-state index contributed by atoms with van der Waals surface area (Å²) in [5, 5.41) is 0. The van der Waals surface area contributed by atoms with Crippen molar-refractivity contribution in [3.05, 3.63) is 0 Å². The molecular weight excluding hydrogens is 368 g/mol. The summed E-state index contributed by atoms with van der Waals surface area (Å²) in [5.74, 6) is -11.6. The van der Waals surface area contributed by atoms with Gasteiger partial charge in [0.1, 0.15) is 0 Å². The van der Waals surface area contributed by atoms with Crippen molar-refractivity contribution in [2.24, 2.45) is 0 Å². The molecule has 0 rings (SSSR count). The minimum atomic E-state index is -5.88. The van der Waals surface area contributed by atoms with Gasteiger partial charge in [-0.05, 0) is 0 Å². The van der Waals surface area contributed by atoms with Gasteiger partial charge in [0.15, 0.2) is 0 Å². The van der Waals surface area contributed by atoms with Crippen LogP contribution < -0.4 is 0 Å². The summed E-state index contributed by atoms with van der Waals surface area (Å²) in [6, 6.07) is 0. The molecule has 0 bridgehead atoms. The van der Waals surface area contributed by atoms with Crippen molar-refractivity contribution in [1.82, 2.24) is 0 Å². The summed E-state index contributed by atoms with van der Waals surface area (Å²) < 4.78 is 97.4. The number of hydrogen-bond donors (Lipinski definition) is 0. The molecule has 0 saturated carbocycles. The van der Waals surface area contributed by atoms with Gasteiger partial charge in [-0.2, -0.15) is 0 Å². The van der Waals surface area contributed by atoms with E-state index in [1.807, 2.05) is 0 Å². The Kier molecular flexibility index (Phi) is 6.32. The molecule has 0 aliphatic heterocycles. The summed E-state index contributed by atoms with van der Waals surface area (Å²) in [7, 11) is 0. The predicted octanol–water partition coefficient (Wildman–Crippen LogP) is 2.74. The molecule has 0 fully saturated rings. The average molecular weight is 377 g/mol. The van der Waals surface area contributed by atoms with Crippen LogP contribution in [0, 0.1) is 0 Å². The molecule has 2 nitrogen and oxygen atoms in total. The molecule has 10 heteroatoms. The van der Waals surface area contributed by atoms with E-state index < -0.39 is 42.6 Å². The molecule has 0 aliphatic rings. The van der Waals surface area contributed by atoms with Crippen LogP contribution in [0.25, 0.3) is 0 Å². The van der Waals surface area contributed by atoms with E-state index in [-0.39, 0.29) is 13.0 Å². The van der Waals surface area contributed by atoms with Crippen LogP contribution in [0.15, 0.2) is 0 Å². The van der Waals surface area contributed by atoms with Crippen LogP contribution in [0.4, 0.5) is 30.7 Å². The molecule has 1 unspecified atom stereocenters. The monoisotopic (exact) mass is 378 g/mol. The van der Waals surface area contributed by atoms with E-state index in [1.54, 1.807) is 0 Å². The van der Waals surface area contributed by atoms with E-state index in [0.29, 0.717) is 0 Å². The van der Waals surface area contributed by atoms with Crippen molar-refractivity contribution >= 4 is 20.2 Å². The molecule has 17 heavy (non-hydrogen) atoms. The minimum absolute atomic E-state index is 0.204. The Hall–Kier alpha value is 0.0687. The first-order chi connectivity index (χ1) is 7.59. The van der Waals surface area contributed by atoms with Crippen molar-refractivity contribution < 1.29 is 36.9 Å². The van der Waals surface area contributed by atoms with E-state index in [9.17, 15) is 33.8 Å². The van der Waals surface area contributed by atoms with Crippen molar-refractivity contribution in [3.63, 3.8) is 0 Å². The van der Waals surface area contributed by atoms with Crippen LogP contribution in [0.2, 0.25) is 0 Å². The second-order valence-corrected chi connectivity index (χ2v) is 7.17. The SMILES string of the molecule is CCC[O][Sn](=[O])[CH](F)C(F)(F)C(F)(F)C(F)F. The maximum atomic E-state index is 12.8. The van der Waals surface area contributed by atoms with Crippen molar-refractivity contribution in [2.75, 3.05) is 6.61 Å². The third kappa shape index (κ3) is 3.76. The van der Waals surface area contributed by atoms with Gasteiger partial charge >= 0.3 is 99.5 Å². The summed E-state index contributed by atoms with van der Waals surface area (Å²) in [6.07, 6.45) is -4.55. The number of hydrogen-bond acceptors (Lipinski definition) is 2. The fourth-order valence-electron chi connectivity index (χ4n) is 0.738. The van der Waals surface area contributed by atoms with Gasteiger partial charge in [0.05, 0.1) is 0 Å². The average Bonchev–Trinajstić information content (AvgIpc) is 2.24. The van der Waals surface area contributed by atoms with Crippen molar-refractivity contribution in [3.8, 4) is 0 Å². The van der Waals surface area contributed by atoms with Crippen LogP contribution in [0.1, 0.15) is 13.3 Å². The van der Waals surface area contributed by atoms with Gasteiger partial charge in [-0.3, -0.25) is 0 Å². The Labute approximate surface area is 99.8 Å². The molecule has 1 atom stereocenters. The quantitative estimate of drug-likeness (QED) is 0.504. The zero-order chi connectivity index (χ0) is 13.9. The topological polar surface area (TPSA) is 26.3 Å². The maximum absolute atomic E-state index is 12.8.